The molecule has 1 aliphatic rings. The minimum Gasteiger partial charge on any atom is -0.460 e. The molecule has 2 rings (SSSR count). The molecule has 6 nitrogen and oxygen atoms in total. The Labute approximate surface area is 185 Å². The Morgan fingerprint density at radius 2 is 1.66 bits per heavy atom. The Morgan fingerprint density at radius 1 is 1.10 bits per heavy atom. The fraction of sp³-hybridized carbons (Fsp3) is 0.579. The largest absolute Gasteiger partial charge is 0.573 e. The van der Waals surface area contributed by atoms with Crippen LogP contribution < -0.4 is 15.8 Å². The van der Waals surface area contributed by atoms with Gasteiger partial charge in [0.25, 0.3) is 0 Å². The molecular formula is C19H27F3IN3O3. The van der Waals surface area contributed by atoms with E-state index in [9.17, 15) is 18.0 Å². The summed E-state index contributed by atoms with van der Waals surface area (Å²) in [7, 11) is 0. The summed E-state index contributed by atoms with van der Waals surface area (Å²) in [6.45, 7) is 5.53. The number of anilines is 1. The van der Waals surface area contributed by atoms with Crippen LogP contribution in [0.25, 0.3) is 0 Å². The van der Waals surface area contributed by atoms with Gasteiger partial charge in [-0.15, -0.1) is 37.1 Å². The first-order valence-corrected chi connectivity index (χ1v) is 9.10. The predicted molar refractivity (Wildman–Crippen MR) is 115 cm³/mol. The van der Waals surface area contributed by atoms with Gasteiger partial charge in [-0.1, -0.05) is 0 Å². The Hall–Kier alpha value is -1.72. The van der Waals surface area contributed by atoms with Gasteiger partial charge in [-0.05, 0) is 70.7 Å². The Morgan fingerprint density at radius 3 is 2.14 bits per heavy atom. The molecule has 0 spiro atoms. The molecule has 0 saturated heterocycles. The third kappa shape index (κ3) is 9.55. The van der Waals surface area contributed by atoms with Crippen LogP contribution in [0.2, 0.25) is 0 Å². The normalized spacial score (nSPS) is 20.4. The second-order valence-corrected chi connectivity index (χ2v) is 7.75. The van der Waals surface area contributed by atoms with E-state index in [0.29, 0.717) is 31.4 Å². The molecule has 1 saturated carbocycles. The second-order valence-electron chi connectivity index (χ2n) is 7.75. The summed E-state index contributed by atoms with van der Waals surface area (Å²) >= 11 is 0. The van der Waals surface area contributed by atoms with Crippen molar-refractivity contribution in [1.29, 1.82) is 0 Å². The average molecular weight is 529 g/mol. The van der Waals surface area contributed by atoms with Crippen LogP contribution in [0.4, 0.5) is 18.9 Å². The molecule has 0 heterocycles. The van der Waals surface area contributed by atoms with Gasteiger partial charge in [0.15, 0.2) is 5.96 Å². The van der Waals surface area contributed by atoms with Gasteiger partial charge in [-0.2, -0.15) is 0 Å². The van der Waals surface area contributed by atoms with Crippen LogP contribution in [0.3, 0.4) is 0 Å². The van der Waals surface area contributed by atoms with E-state index in [2.05, 4.69) is 15.0 Å². The molecular weight excluding hydrogens is 502 g/mol. The molecule has 0 bridgehead atoms. The number of alkyl halides is 3. The first kappa shape index (κ1) is 25.3. The number of esters is 1. The summed E-state index contributed by atoms with van der Waals surface area (Å²) in [6.07, 6.45) is -1.94. The zero-order valence-electron chi connectivity index (χ0n) is 16.6. The minimum atomic E-state index is -4.73. The first-order valence-electron chi connectivity index (χ1n) is 9.10. The lowest BCUT2D eigenvalue weighted by Crippen LogP contribution is -2.32. The van der Waals surface area contributed by atoms with Gasteiger partial charge in [0.05, 0.1) is 12.0 Å². The lowest BCUT2D eigenvalue weighted by atomic mass is 9.86. The van der Waals surface area contributed by atoms with Crippen molar-refractivity contribution in [1.82, 2.24) is 0 Å². The number of halogens is 4. The first-order chi connectivity index (χ1) is 12.9. The zero-order chi connectivity index (χ0) is 20.9. The quantitative estimate of drug-likeness (QED) is 0.253. The van der Waals surface area contributed by atoms with Crippen molar-refractivity contribution in [2.75, 3.05) is 5.32 Å². The maximum atomic E-state index is 12.2. The molecule has 29 heavy (non-hydrogen) atoms. The van der Waals surface area contributed by atoms with E-state index in [4.69, 9.17) is 10.5 Å². The van der Waals surface area contributed by atoms with Gasteiger partial charge >= 0.3 is 12.3 Å². The number of nitrogens with zero attached hydrogens (tertiary/aromatic N) is 1. The number of ether oxygens (including phenoxy) is 2. The van der Waals surface area contributed by atoms with Crippen LogP contribution in [0.1, 0.15) is 46.5 Å². The maximum absolute atomic E-state index is 12.2. The van der Waals surface area contributed by atoms with Crippen LogP contribution in [0, 0.1) is 5.92 Å². The second kappa shape index (κ2) is 10.4. The lowest BCUT2D eigenvalue weighted by Gasteiger charge is -2.28. The van der Waals surface area contributed by atoms with E-state index < -0.39 is 12.0 Å². The highest BCUT2D eigenvalue weighted by molar-refractivity contribution is 14.0. The molecule has 3 N–H and O–H groups in total. The fourth-order valence-electron chi connectivity index (χ4n) is 2.94. The van der Waals surface area contributed by atoms with Crippen LogP contribution in [-0.2, 0) is 9.53 Å². The molecule has 1 fully saturated rings. The molecule has 164 valence electrons. The molecule has 0 radical (unpaired) electrons. The van der Waals surface area contributed by atoms with E-state index in [-0.39, 0.29) is 53.6 Å². The summed E-state index contributed by atoms with van der Waals surface area (Å²) in [5.74, 6) is -0.442. The van der Waals surface area contributed by atoms with E-state index in [1.807, 2.05) is 20.8 Å². The number of hydrogen-bond acceptors (Lipinski definition) is 4. The van der Waals surface area contributed by atoms with Crippen LogP contribution in [0.5, 0.6) is 5.75 Å². The summed E-state index contributed by atoms with van der Waals surface area (Å²) in [5, 5.41) is 2.84. The number of guanidine groups is 1. The van der Waals surface area contributed by atoms with E-state index >= 15 is 0 Å². The van der Waals surface area contributed by atoms with Crippen molar-refractivity contribution in [3.63, 3.8) is 0 Å². The lowest BCUT2D eigenvalue weighted by molar-refractivity contribution is -0.274. The standard InChI is InChI=1S/C19H26F3N3O3.HI/c1-18(2,3)28-16(26)12-4-6-13(7-5-12)24-17(23)25-14-8-10-15(11-9-14)27-19(20,21)22;/h8-13H,4-7H2,1-3H3,(H3,23,24,25);1H. The van der Waals surface area contributed by atoms with Gasteiger partial charge in [0.2, 0.25) is 0 Å². The Balaban J connectivity index is 0.00000420. The Bertz CT molecular complexity index is 695. The van der Waals surface area contributed by atoms with Gasteiger partial charge < -0.3 is 20.5 Å². The third-order valence-electron chi connectivity index (χ3n) is 4.12. The SMILES string of the molecule is CC(C)(C)OC(=O)C1CCC(N=C(N)Nc2ccc(OC(F)(F)F)cc2)CC1.I. The molecule has 10 heteroatoms. The van der Waals surface area contributed by atoms with Gasteiger partial charge in [0, 0.05) is 5.69 Å². The van der Waals surface area contributed by atoms with Crippen molar-refractivity contribution in [3.05, 3.63) is 24.3 Å². The van der Waals surface area contributed by atoms with Crippen LogP contribution in [-0.4, -0.2) is 29.9 Å². The highest BCUT2D eigenvalue weighted by atomic mass is 127. The van der Waals surface area contributed by atoms with Gasteiger partial charge in [-0.25, -0.2) is 4.99 Å². The molecule has 0 aromatic heterocycles. The maximum Gasteiger partial charge on any atom is 0.573 e. The molecule has 0 unspecified atom stereocenters. The number of carbonyl (C=O) groups excluding carboxylic acids is 1. The van der Waals surface area contributed by atoms with Crippen molar-refractivity contribution >= 4 is 41.6 Å². The summed E-state index contributed by atoms with van der Waals surface area (Å²) in [6, 6.07) is 5.20. The zero-order valence-corrected chi connectivity index (χ0v) is 18.9. The highest BCUT2D eigenvalue weighted by Gasteiger charge is 2.31. The summed E-state index contributed by atoms with van der Waals surface area (Å²) in [5.41, 5.74) is 5.89. The predicted octanol–water partition coefficient (Wildman–Crippen LogP) is 4.83. The van der Waals surface area contributed by atoms with Crippen molar-refractivity contribution in [2.45, 2.75) is 64.5 Å². The smallest absolute Gasteiger partial charge is 0.460 e. The van der Waals surface area contributed by atoms with Crippen LogP contribution in [0.15, 0.2) is 29.3 Å². The topological polar surface area (TPSA) is 85.9 Å². The number of carbonyl (C=O) groups is 1. The third-order valence-corrected chi connectivity index (χ3v) is 4.12. The molecule has 0 aliphatic heterocycles. The van der Waals surface area contributed by atoms with Crippen molar-refractivity contribution in [2.24, 2.45) is 16.6 Å². The number of aliphatic imine (C=N–C) groups is 1. The van der Waals surface area contributed by atoms with E-state index in [0.717, 1.165) is 0 Å². The minimum absolute atomic E-state index is 0. The van der Waals surface area contributed by atoms with Crippen molar-refractivity contribution in [3.8, 4) is 5.75 Å². The van der Waals surface area contributed by atoms with Gasteiger partial charge in [-0.3, -0.25) is 4.79 Å². The molecule has 0 atom stereocenters. The monoisotopic (exact) mass is 529 g/mol. The molecule has 0 amide bonds. The number of rotatable bonds is 4. The summed E-state index contributed by atoms with van der Waals surface area (Å²) in [4.78, 5) is 16.5. The van der Waals surface area contributed by atoms with E-state index in [1.165, 1.54) is 24.3 Å². The number of nitrogens with one attached hydrogen (secondary N) is 1. The van der Waals surface area contributed by atoms with Crippen molar-refractivity contribution < 1.29 is 27.4 Å². The average Bonchev–Trinajstić information content (AvgIpc) is 2.54. The highest BCUT2D eigenvalue weighted by Crippen LogP contribution is 2.29. The number of hydrogen-bond donors (Lipinski definition) is 2. The molecule has 1 aromatic rings. The molecule has 1 aromatic carbocycles. The Kier molecular flexibility index (Phi) is 9.04. The number of benzene rings is 1. The van der Waals surface area contributed by atoms with Crippen LogP contribution >= 0.6 is 24.0 Å². The number of nitrogens with two attached hydrogens (primary N) is 1. The summed E-state index contributed by atoms with van der Waals surface area (Å²) < 4.78 is 45.7. The molecule has 1 aliphatic carbocycles. The van der Waals surface area contributed by atoms with Gasteiger partial charge in [0.1, 0.15) is 11.4 Å². The fourth-order valence-corrected chi connectivity index (χ4v) is 2.94. The van der Waals surface area contributed by atoms with E-state index in [1.54, 1.807) is 0 Å².